The third-order valence-corrected chi connectivity index (χ3v) is 4.56. The van der Waals surface area contributed by atoms with E-state index in [1.54, 1.807) is 6.20 Å². The van der Waals surface area contributed by atoms with Crippen LogP contribution in [0.3, 0.4) is 0 Å². The molecule has 1 aromatic rings. The predicted molar refractivity (Wildman–Crippen MR) is 111 cm³/mol. The van der Waals surface area contributed by atoms with E-state index >= 15 is 0 Å². The van der Waals surface area contributed by atoms with Gasteiger partial charge in [0.2, 0.25) is 0 Å². The maximum Gasteiger partial charge on any atom is 0.132 e. The van der Waals surface area contributed by atoms with Crippen LogP contribution in [-0.4, -0.2) is 11.9 Å². The Bertz CT molecular complexity index is 677. The van der Waals surface area contributed by atoms with Crippen molar-refractivity contribution in [1.29, 1.82) is 0 Å². The Hall–Kier alpha value is -2.29. The van der Waals surface area contributed by atoms with E-state index in [-0.39, 0.29) is 0 Å². The van der Waals surface area contributed by atoms with E-state index < -0.39 is 0 Å². The van der Waals surface area contributed by atoms with Gasteiger partial charge in [-0.05, 0) is 56.4 Å². The topological polar surface area (TPSA) is 36.4 Å². The maximum absolute atomic E-state index is 4.41. The van der Waals surface area contributed by atoms with Crippen molar-refractivity contribution < 1.29 is 0 Å². The number of aliphatic imine (C=N–C) groups is 1. The molecule has 0 atom stereocenters. The smallest absolute Gasteiger partial charge is 0.132 e. The van der Waals surface area contributed by atoms with Crippen molar-refractivity contribution in [1.82, 2.24) is 5.32 Å². The fourth-order valence-electron chi connectivity index (χ4n) is 3.19. The van der Waals surface area contributed by atoms with E-state index in [0.717, 1.165) is 29.2 Å². The van der Waals surface area contributed by atoms with E-state index in [1.807, 2.05) is 19.9 Å². The van der Waals surface area contributed by atoms with E-state index in [2.05, 4.69) is 53.9 Å². The van der Waals surface area contributed by atoms with E-state index in [0.29, 0.717) is 6.04 Å². The van der Waals surface area contributed by atoms with Crippen molar-refractivity contribution in [2.45, 2.75) is 58.9 Å². The highest BCUT2D eigenvalue weighted by atomic mass is 15.0. The van der Waals surface area contributed by atoms with Crippen LogP contribution in [0.15, 0.2) is 54.2 Å². The molecule has 1 fully saturated rings. The fourth-order valence-corrected chi connectivity index (χ4v) is 3.19. The highest BCUT2D eigenvalue weighted by Crippen LogP contribution is 2.25. The number of nitrogens with zero attached hydrogens (tertiary/aromatic N) is 1. The molecule has 25 heavy (non-hydrogen) atoms. The lowest BCUT2D eigenvalue weighted by molar-refractivity contribution is 0.619. The Morgan fingerprint density at radius 2 is 2.00 bits per heavy atom. The zero-order valence-corrected chi connectivity index (χ0v) is 15.9. The number of rotatable bonds is 7. The molecule has 2 N–H and O–H groups in total. The number of anilines is 1. The third kappa shape index (κ3) is 5.35. The second-order valence-corrected chi connectivity index (χ2v) is 6.70. The fraction of sp³-hybridized carbons (Fsp3) is 0.409. The summed E-state index contributed by atoms with van der Waals surface area (Å²) in [6, 6.07) is 7.00. The summed E-state index contributed by atoms with van der Waals surface area (Å²) in [6.07, 6.45) is 9.80. The molecule has 3 nitrogen and oxygen atoms in total. The lowest BCUT2D eigenvalue weighted by Crippen LogP contribution is -2.24. The van der Waals surface area contributed by atoms with Crippen molar-refractivity contribution in [2.24, 2.45) is 4.99 Å². The highest BCUT2D eigenvalue weighted by Gasteiger charge is 2.16. The van der Waals surface area contributed by atoms with Crippen molar-refractivity contribution in [3.63, 3.8) is 0 Å². The van der Waals surface area contributed by atoms with E-state index in [1.165, 1.54) is 36.8 Å². The van der Waals surface area contributed by atoms with Gasteiger partial charge in [-0.25, -0.2) is 4.99 Å². The summed E-state index contributed by atoms with van der Waals surface area (Å²) in [5, 5.41) is 6.99. The summed E-state index contributed by atoms with van der Waals surface area (Å²) < 4.78 is 0. The van der Waals surface area contributed by atoms with Crippen LogP contribution >= 0.6 is 0 Å². The minimum absolute atomic E-state index is 0.581. The first kappa shape index (κ1) is 19.0. The Kier molecular flexibility index (Phi) is 7.05. The van der Waals surface area contributed by atoms with Gasteiger partial charge in [-0.2, -0.15) is 0 Å². The van der Waals surface area contributed by atoms with Gasteiger partial charge in [0, 0.05) is 29.2 Å². The molecule has 0 unspecified atom stereocenters. The first-order valence-electron chi connectivity index (χ1n) is 9.25. The molecule has 1 aliphatic rings. The van der Waals surface area contributed by atoms with E-state index in [4.69, 9.17) is 0 Å². The molecule has 0 aromatic heterocycles. The molecule has 134 valence electrons. The van der Waals surface area contributed by atoms with Crippen LogP contribution in [0.1, 0.15) is 57.6 Å². The molecule has 2 rings (SSSR count). The summed E-state index contributed by atoms with van der Waals surface area (Å²) in [5.74, 6) is 0.788. The molecule has 0 radical (unpaired) electrons. The van der Waals surface area contributed by atoms with Gasteiger partial charge in [-0.15, -0.1) is 0 Å². The third-order valence-electron chi connectivity index (χ3n) is 4.56. The normalized spacial score (nSPS) is 15.6. The van der Waals surface area contributed by atoms with E-state index in [9.17, 15) is 0 Å². The first-order chi connectivity index (χ1) is 12.0. The van der Waals surface area contributed by atoms with Crippen LogP contribution in [0.4, 0.5) is 5.69 Å². The molecule has 0 amide bonds. The average molecular weight is 338 g/mol. The number of amidine groups is 1. The quantitative estimate of drug-likeness (QED) is 0.496. The number of hydrogen-bond donors (Lipinski definition) is 2. The molecule has 1 aliphatic carbocycles. The molecule has 0 heterocycles. The second-order valence-electron chi connectivity index (χ2n) is 6.70. The maximum atomic E-state index is 4.41. The number of nitrogens with one attached hydrogen (secondary N) is 2. The van der Waals surface area contributed by atoms with Crippen molar-refractivity contribution >= 4 is 17.2 Å². The SMILES string of the molecule is C=C(C)/C(=N\C=C/C)Nc1ccc(C(=C)NC2CCCC2)c(CC)c1. The zero-order valence-electron chi connectivity index (χ0n) is 15.9. The van der Waals surface area contributed by atoms with Gasteiger partial charge >= 0.3 is 0 Å². The van der Waals surface area contributed by atoms with Gasteiger partial charge in [0.05, 0.1) is 0 Å². The predicted octanol–water partition coefficient (Wildman–Crippen LogP) is 5.67. The summed E-state index contributed by atoms with van der Waals surface area (Å²) >= 11 is 0. The summed E-state index contributed by atoms with van der Waals surface area (Å²) in [6.45, 7) is 14.4. The van der Waals surface area contributed by atoms with Crippen LogP contribution in [0.25, 0.3) is 5.70 Å². The average Bonchev–Trinajstić information content (AvgIpc) is 3.10. The Balaban J connectivity index is 2.17. The van der Waals surface area contributed by atoms with Gasteiger partial charge in [0.15, 0.2) is 0 Å². The highest BCUT2D eigenvalue weighted by molar-refractivity contribution is 6.07. The van der Waals surface area contributed by atoms with Crippen LogP contribution in [0.5, 0.6) is 0 Å². The molecule has 1 aromatic carbocycles. The molecular formula is C22H31N3. The minimum atomic E-state index is 0.581. The molecule has 0 aliphatic heterocycles. The first-order valence-corrected chi connectivity index (χ1v) is 9.25. The van der Waals surface area contributed by atoms with Gasteiger partial charge < -0.3 is 10.6 Å². The molecule has 3 heteroatoms. The van der Waals surface area contributed by atoms with Crippen molar-refractivity contribution in [3.05, 3.63) is 60.3 Å². The molecule has 0 spiro atoms. The lowest BCUT2D eigenvalue weighted by atomic mass is 10.0. The minimum Gasteiger partial charge on any atom is -0.382 e. The second kappa shape index (κ2) is 9.26. The summed E-state index contributed by atoms with van der Waals surface area (Å²) in [5.41, 5.74) is 5.47. The summed E-state index contributed by atoms with van der Waals surface area (Å²) in [7, 11) is 0. The Morgan fingerprint density at radius 1 is 1.28 bits per heavy atom. The number of hydrogen-bond acceptors (Lipinski definition) is 2. The van der Waals surface area contributed by atoms with Gasteiger partial charge in [0.1, 0.15) is 5.84 Å². The molecule has 1 saturated carbocycles. The van der Waals surface area contributed by atoms with Crippen molar-refractivity contribution in [3.8, 4) is 0 Å². The summed E-state index contributed by atoms with van der Waals surface area (Å²) in [4.78, 5) is 4.41. The molecule has 0 bridgehead atoms. The van der Waals surface area contributed by atoms with Crippen LogP contribution in [0, 0.1) is 0 Å². The lowest BCUT2D eigenvalue weighted by Gasteiger charge is -2.19. The Labute approximate surface area is 152 Å². The molecule has 0 saturated heterocycles. The van der Waals surface area contributed by atoms with Gasteiger partial charge in [0.25, 0.3) is 0 Å². The largest absolute Gasteiger partial charge is 0.382 e. The number of benzene rings is 1. The van der Waals surface area contributed by atoms with Crippen LogP contribution < -0.4 is 10.6 Å². The number of aryl methyl sites for hydroxylation is 1. The van der Waals surface area contributed by atoms with Gasteiger partial charge in [-0.1, -0.05) is 45.1 Å². The van der Waals surface area contributed by atoms with Crippen molar-refractivity contribution in [2.75, 3.05) is 5.32 Å². The molecular weight excluding hydrogens is 306 g/mol. The Morgan fingerprint density at radius 3 is 2.60 bits per heavy atom. The van der Waals surface area contributed by atoms with Gasteiger partial charge in [-0.3, -0.25) is 0 Å². The number of allylic oxidation sites excluding steroid dienone is 1. The monoisotopic (exact) mass is 337 g/mol. The van der Waals surface area contributed by atoms with Crippen LogP contribution in [0.2, 0.25) is 0 Å². The standard InChI is InChI=1S/C22H31N3/c1-6-14-23-22(16(3)4)25-20-12-13-21(18(7-2)15-20)17(5)24-19-10-8-9-11-19/h6,12-15,19,24H,3,5,7-11H2,1-2,4H3,(H,23,25)/b14-6-. The zero-order chi connectivity index (χ0) is 18.2. The van der Waals surface area contributed by atoms with Crippen LogP contribution in [-0.2, 0) is 6.42 Å².